The summed E-state index contributed by atoms with van der Waals surface area (Å²) in [6.07, 6.45) is 2.48. The van der Waals surface area contributed by atoms with Crippen LogP contribution in [0.2, 0.25) is 0 Å². The second-order valence-electron chi connectivity index (χ2n) is 4.61. The summed E-state index contributed by atoms with van der Waals surface area (Å²) < 4.78 is 0.965. The van der Waals surface area contributed by atoms with Crippen LogP contribution in [-0.4, -0.2) is 29.1 Å². The molecule has 1 saturated heterocycles. The molecule has 1 aromatic rings. The van der Waals surface area contributed by atoms with E-state index in [0.717, 1.165) is 23.3 Å². The normalized spacial score (nSPS) is 24.7. The molecule has 2 rings (SSSR count). The Morgan fingerprint density at radius 3 is 3.00 bits per heavy atom. The molecule has 1 aromatic heterocycles. The molecule has 17 heavy (non-hydrogen) atoms. The molecule has 0 bridgehead atoms. The van der Waals surface area contributed by atoms with Crippen LogP contribution in [-0.2, 0) is 4.79 Å². The average molecular weight is 299 g/mol. The van der Waals surface area contributed by atoms with Crippen molar-refractivity contribution < 1.29 is 9.90 Å². The third-order valence-corrected chi connectivity index (χ3v) is 3.53. The van der Waals surface area contributed by atoms with Crippen LogP contribution in [0.15, 0.2) is 22.8 Å². The maximum absolute atomic E-state index is 11.1. The van der Waals surface area contributed by atoms with E-state index in [1.165, 1.54) is 0 Å². The van der Waals surface area contributed by atoms with Gasteiger partial charge in [0.05, 0.1) is 5.92 Å². The number of aromatic nitrogens is 1. The summed E-state index contributed by atoms with van der Waals surface area (Å²) in [5.74, 6) is 0.221. The van der Waals surface area contributed by atoms with Gasteiger partial charge in [0.2, 0.25) is 0 Å². The van der Waals surface area contributed by atoms with Crippen LogP contribution in [0.3, 0.4) is 0 Å². The molecule has 0 spiro atoms. The molecule has 0 saturated carbocycles. The first-order chi connectivity index (χ1) is 8.06. The number of hydrogen-bond donors (Lipinski definition) is 1. The number of piperidine rings is 1. The number of carbonyl (C=O) groups is 1. The number of halogens is 1. The Hall–Kier alpha value is -1.10. The molecule has 0 amide bonds. The maximum Gasteiger partial charge on any atom is 0.308 e. The number of aliphatic carboxylic acids is 1. The Kier molecular flexibility index (Phi) is 3.66. The van der Waals surface area contributed by atoms with Crippen molar-refractivity contribution in [1.82, 2.24) is 4.98 Å². The van der Waals surface area contributed by atoms with Gasteiger partial charge in [0, 0.05) is 23.8 Å². The highest BCUT2D eigenvalue weighted by Gasteiger charge is 2.30. The van der Waals surface area contributed by atoms with E-state index in [1.54, 1.807) is 6.20 Å². The predicted octanol–water partition coefficient (Wildman–Crippen LogP) is 2.39. The van der Waals surface area contributed by atoms with E-state index >= 15 is 0 Å². The Labute approximate surface area is 109 Å². The molecule has 0 radical (unpaired) electrons. The number of pyridine rings is 1. The number of carboxylic acid groups (broad SMARTS) is 1. The van der Waals surface area contributed by atoms with E-state index in [4.69, 9.17) is 5.11 Å². The van der Waals surface area contributed by atoms with Crippen molar-refractivity contribution in [3.63, 3.8) is 0 Å². The Morgan fingerprint density at radius 2 is 2.35 bits per heavy atom. The summed E-state index contributed by atoms with van der Waals surface area (Å²) in [6, 6.07) is 3.79. The fraction of sp³-hybridized carbons (Fsp3) is 0.500. The van der Waals surface area contributed by atoms with E-state index in [9.17, 15) is 4.79 Å². The first kappa shape index (κ1) is 12.4. The Morgan fingerprint density at radius 1 is 1.59 bits per heavy atom. The first-order valence-corrected chi connectivity index (χ1v) is 6.45. The zero-order chi connectivity index (χ0) is 12.4. The van der Waals surface area contributed by atoms with Crippen LogP contribution in [0.4, 0.5) is 5.82 Å². The summed E-state index contributed by atoms with van der Waals surface area (Å²) in [4.78, 5) is 17.4. The minimum absolute atomic E-state index is 0.292. The Balaban J connectivity index is 2.18. The molecular weight excluding hydrogens is 284 g/mol. The smallest absolute Gasteiger partial charge is 0.308 e. The Bertz CT molecular complexity index is 425. The molecule has 2 unspecified atom stereocenters. The quantitative estimate of drug-likeness (QED) is 0.911. The van der Waals surface area contributed by atoms with Gasteiger partial charge in [-0.05, 0) is 24.5 Å². The van der Waals surface area contributed by atoms with Gasteiger partial charge in [-0.3, -0.25) is 4.79 Å². The monoisotopic (exact) mass is 298 g/mol. The fourth-order valence-corrected chi connectivity index (χ4v) is 2.61. The molecule has 1 aliphatic heterocycles. The van der Waals surface area contributed by atoms with Gasteiger partial charge in [-0.25, -0.2) is 4.98 Å². The second kappa shape index (κ2) is 5.04. The van der Waals surface area contributed by atoms with Gasteiger partial charge in [0.15, 0.2) is 0 Å². The lowest BCUT2D eigenvalue weighted by Gasteiger charge is -2.35. The first-order valence-electron chi connectivity index (χ1n) is 5.65. The molecule has 1 aliphatic rings. The van der Waals surface area contributed by atoms with Gasteiger partial charge in [0.25, 0.3) is 0 Å². The lowest BCUT2D eigenvalue weighted by Crippen LogP contribution is -2.42. The zero-order valence-electron chi connectivity index (χ0n) is 9.64. The van der Waals surface area contributed by atoms with Crippen LogP contribution in [0.5, 0.6) is 0 Å². The predicted molar refractivity (Wildman–Crippen MR) is 69.1 cm³/mol. The van der Waals surface area contributed by atoms with Crippen molar-refractivity contribution >= 4 is 27.7 Å². The van der Waals surface area contributed by atoms with Crippen LogP contribution in [0.25, 0.3) is 0 Å². The molecule has 0 aromatic carbocycles. The number of rotatable bonds is 2. The average Bonchev–Trinajstić information content (AvgIpc) is 2.28. The van der Waals surface area contributed by atoms with Gasteiger partial charge >= 0.3 is 5.97 Å². The summed E-state index contributed by atoms with van der Waals surface area (Å²) >= 11 is 3.40. The zero-order valence-corrected chi connectivity index (χ0v) is 11.2. The molecule has 0 aliphatic carbocycles. The van der Waals surface area contributed by atoms with Gasteiger partial charge in [-0.15, -0.1) is 0 Å². The SMILES string of the molecule is CC1CC(C(=O)O)CN(c2cc(Br)ccn2)C1. The van der Waals surface area contributed by atoms with Crippen molar-refractivity contribution in [2.75, 3.05) is 18.0 Å². The summed E-state index contributed by atoms with van der Waals surface area (Å²) in [6.45, 7) is 3.50. The highest BCUT2D eigenvalue weighted by molar-refractivity contribution is 9.10. The molecule has 2 heterocycles. The van der Waals surface area contributed by atoms with Gasteiger partial charge in [-0.1, -0.05) is 22.9 Å². The van der Waals surface area contributed by atoms with E-state index in [0.29, 0.717) is 12.5 Å². The van der Waals surface area contributed by atoms with Crippen molar-refractivity contribution in [3.8, 4) is 0 Å². The largest absolute Gasteiger partial charge is 0.481 e. The molecule has 2 atom stereocenters. The third-order valence-electron chi connectivity index (χ3n) is 3.04. The standard InChI is InChI=1S/C12H15BrN2O2/c1-8-4-9(12(16)17)7-15(6-8)11-5-10(13)2-3-14-11/h2-3,5,8-9H,4,6-7H2,1H3,(H,16,17). The lowest BCUT2D eigenvalue weighted by atomic mass is 9.90. The van der Waals surface area contributed by atoms with Crippen molar-refractivity contribution in [2.24, 2.45) is 11.8 Å². The summed E-state index contributed by atoms with van der Waals surface area (Å²) in [5, 5.41) is 9.12. The van der Waals surface area contributed by atoms with Crippen LogP contribution in [0, 0.1) is 11.8 Å². The number of nitrogens with zero attached hydrogens (tertiary/aromatic N) is 2. The van der Waals surface area contributed by atoms with Crippen molar-refractivity contribution in [3.05, 3.63) is 22.8 Å². The van der Waals surface area contributed by atoms with Gasteiger partial charge in [-0.2, -0.15) is 0 Å². The van der Waals surface area contributed by atoms with E-state index in [1.807, 2.05) is 12.1 Å². The molecular formula is C12H15BrN2O2. The maximum atomic E-state index is 11.1. The lowest BCUT2D eigenvalue weighted by molar-refractivity contribution is -0.142. The van der Waals surface area contributed by atoms with E-state index in [-0.39, 0.29) is 5.92 Å². The third kappa shape index (κ3) is 2.97. The van der Waals surface area contributed by atoms with E-state index < -0.39 is 5.97 Å². The second-order valence-corrected chi connectivity index (χ2v) is 5.53. The number of carboxylic acids is 1. The highest BCUT2D eigenvalue weighted by atomic mass is 79.9. The van der Waals surface area contributed by atoms with Gasteiger partial charge in [0.1, 0.15) is 5.82 Å². The number of anilines is 1. The minimum atomic E-state index is -0.712. The summed E-state index contributed by atoms with van der Waals surface area (Å²) in [7, 11) is 0. The molecule has 5 heteroatoms. The minimum Gasteiger partial charge on any atom is -0.481 e. The topological polar surface area (TPSA) is 53.4 Å². The molecule has 4 nitrogen and oxygen atoms in total. The summed E-state index contributed by atoms with van der Waals surface area (Å²) in [5.41, 5.74) is 0. The number of hydrogen-bond acceptors (Lipinski definition) is 3. The highest BCUT2D eigenvalue weighted by Crippen LogP contribution is 2.26. The van der Waals surface area contributed by atoms with Gasteiger partial charge < -0.3 is 10.0 Å². The van der Waals surface area contributed by atoms with Crippen LogP contribution < -0.4 is 4.90 Å². The molecule has 1 N–H and O–H groups in total. The van der Waals surface area contributed by atoms with E-state index in [2.05, 4.69) is 32.7 Å². The van der Waals surface area contributed by atoms with Crippen LogP contribution >= 0.6 is 15.9 Å². The molecule has 1 fully saturated rings. The van der Waals surface area contributed by atoms with Crippen LogP contribution in [0.1, 0.15) is 13.3 Å². The van der Waals surface area contributed by atoms with Crippen molar-refractivity contribution in [2.45, 2.75) is 13.3 Å². The fourth-order valence-electron chi connectivity index (χ4n) is 2.28. The molecule has 92 valence electrons. The van der Waals surface area contributed by atoms with Crippen molar-refractivity contribution in [1.29, 1.82) is 0 Å².